The van der Waals surface area contributed by atoms with Gasteiger partial charge in [-0.05, 0) is 36.4 Å². The predicted molar refractivity (Wildman–Crippen MR) is 78.1 cm³/mol. The van der Waals surface area contributed by atoms with Gasteiger partial charge in [0.1, 0.15) is 0 Å². The molecule has 3 rings (SSSR count). The number of nitrogens with zero attached hydrogens (tertiary/aromatic N) is 6. The molecule has 1 aliphatic rings. The van der Waals surface area contributed by atoms with Gasteiger partial charge in [-0.3, -0.25) is 9.69 Å². The number of carbonyl (C=O) groups is 1. The van der Waals surface area contributed by atoms with E-state index in [0.29, 0.717) is 25.4 Å². The van der Waals surface area contributed by atoms with E-state index in [2.05, 4.69) is 34.3 Å². The van der Waals surface area contributed by atoms with Gasteiger partial charge >= 0.3 is 0 Å². The second-order valence-corrected chi connectivity index (χ2v) is 5.68. The van der Waals surface area contributed by atoms with Gasteiger partial charge in [0.2, 0.25) is 0 Å². The Bertz CT molecular complexity index is 613. The Morgan fingerprint density at radius 3 is 2.73 bits per heavy atom. The van der Waals surface area contributed by atoms with E-state index in [1.165, 1.54) is 6.26 Å². The molecule has 0 spiro atoms. The molecule has 22 heavy (non-hydrogen) atoms. The van der Waals surface area contributed by atoms with Gasteiger partial charge in [0.05, 0.1) is 18.8 Å². The van der Waals surface area contributed by atoms with Crippen molar-refractivity contribution in [1.29, 1.82) is 0 Å². The van der Waals surface area contributed by atoms with Gasteiger partial charge in [-0.2, -0.15) is 0 Å². The molecule has 0 bridgehead atoms. The van der Waals surface area contributed by atoms with E-state index in [1.54, 1.807) is 12.1 Å². The summed E-state index contributed by atoms with van der Waals surface area (Å²) in [5.74, 6) is 1.22. The highest BCUT2D eigenvalue weighted by atomic mass is 16.3. The normalized spacial score (nSPS) is 16.4. The highest BCUT2D eigenvalue weighted by Gasteiger charge is 2.24. The van der Waals surface area contributed by atoms with Crippen molar-refractivity contribution in [2.75, 3.05) is 26.2 Å². The first kappa shape index (κ1) is 14.7. The Hall–Kier alpha value is -2.22. The zero-order valence-electron chi connectivity index (χ0n) is 12.8. The first-order chi connectivity index (χ1) is 10.6. The fourth-order valence-corrected chi connectivity index (χ4v) is 2.58. The molecule has 1 saturated heterocycles. The van der Waals surface area contributed by atoms with Crippen LogP contribution in [0, 0.1) is 0 Å². The molecule has 118 valence electrons. The van der Waals surface area contributed by atoms with Gasteiger partial charge in [0.15, 0.2) is 11.6 Å². The highest BCUT2D eigenvalue weighted by Crippen LogP contribution is 2.12. The van der Waals surface area contributed by atoms with E-state index in [0.717, 1.165) is 18.9 Å². The lowest BCUT2D eigenvalue weighted by Crippen LogP contribution is -2.48. The van der Waals surface area contributed by atoms with Crippen LogP contribution in [-0.4, -0.2) is 62.1 Å². The summed E-state index contributed by atoms with van der Waals surface area (Å²) < 4.78 is 7.00. The number of tetrazole rings is 1. The quantitative estimate of drug-likeness (QED) is 0.831. The number of amides is 1. The molecule has 0 N–H and O–H groups in total. The van der Waals surface area contributed by atoms with Crippen LogP contribution in [0.4, 0.5) is 0 Å². The summed E-state index contributed by atoms with van der Waals surface area (Å²) in [6, 6.07) is 3.67. The van der Waals surface area contributed by atoms with E-state index in [1.807, 2.05) is 9.58 Å². The fourth-order valence-electron chi connectivity index (χ4n) is 2.58. The lowest BCUT2D eigenvalue weighted by atomic mass is 10.2. The summed E-state index contributed by atoms with van der Waals surface area (Å²) in [7, 11) is 0. The van der Waals surface area contributed by atoms with Crippen molar-refractivity contribution >= 4 is 5.91 Å². The lowest BCUT2D eigenvalue weighted by molar-refractivity contribution is 0.0592. The zero-order chi connectivity index (χ0) is 15.5. The number of carbonyl (C=O) groups excluding carboxylic acids is 1. The smallest absolute Gasteiger partial charge is 0.289 e. The summed E-state index contributed by atoms with van der Waals surface area (Å²) >= 11 is 0. The van der Waals surface area contributed by atoms with Crippen LogP contribution in [0.25, 0.3) is 0 Å². The maximum Gasteiger partial charge on any atom is 0.289 e. The molecule has 0 aliphatic carbocycles. The predicted octanol–water partition coefficient (Wildman–Crippen LogP) is 0.805. The molecule has 2 aromatic rings. The zero-order valence-corrected chi connectivity index (χ0v) is 12.8. The lowest BCUT2D eigenvalue weighted by Gasteiger charge is -2.33. The third-order valence-electron chi connectivity index (χ3n) is 3.81. The van der Waals surface area contributed by atoms with E-state index in [-0.39, 0.29) is 11.9 Å². The SMILES string of the molecule is CC(C)n1nnnc1CN1CCN(C(=O)c2ccco2)CC1. The summed E-state index contributed by atoms with van der Waals surface area (Å²) in [6.07, 6.45) is 1.52. The van der Waals surface area contributed by atoms with Crippen LogP contribution in [0.15, 0.2) is 22.8 Å². The largest absolute Gasteiger partial charge is 0.459 e. The van der Waals surface area contributed by atoms with Crippen LogP contribution in [0.1, 0.15) is 36.3 Å². The summed E-state index contributed by atoms with van der Waals surface area (Å²) in [4.78, 5) is 16.3. The number of rotatable bonds is 4. The molecule has 1 aliphatic heterocycles. The average Bonchev–Trinajstić information content (AvgIpc) is 3.18. The molecule has 1 fully saturated rings. The van der Waals surface area contributed by atoms with Crippen molar-refractivity contribution in [2.45, 2.75) is 26.4 Å². The molecule has 8 heteroatoms. The van der Waals surface area contributed by atoms with E-state index >= 15 is 0 Å². The molecule has 8 nitrogen and oxygen atoms in total. The fraction of sp³-hybridized carbons (Fsp3) is 0.571. The van der Waals surface area contributed by atoms with Crippen molar-refractivity contribution in [1.82, 2.24) is 30.0 Å². The number of aromatic nitrogens is 4. The monoisotopic (exact) mass is 304 g/mol. The minimum Gasteiger partial charge on any atom is -0.459 e. The van der Waals surface area contributed by atoms with Gasteiger partial charge < -0.3 is 9.32 Å². The van der Waals surface area contributed by atoms with Crippen molar-refractivity contribution in [3.8, 4) is 0 Å². The maximum absolute atomic E-state index is 12.2. The molecule has 0 atom stereocenters. The molecule has 0 saturated carbocycles. The molecule has 0 aromatic carbocycles. The molecule has 0 unspecified atom stereocenters. The second-order valence-electron chi connectivity index (χ2n) is 5.68. The van der Waals surface area contributed by atoms with Crippen LogP contribution < -0.4 is 0 Å². The first-order valence-corrected chi connectivity index (χ1v) is 7.47. The third-order valence-corrected chi connectivity index (χ3v) is 3.81. The molecule has 0 radical (unpaired) electrons. The second kappa shape index (κ2) is 6.27. The standard InChI is InChI=1S/C14H20N6O2/c1-11(2)20-13(15-16-17-20)10-18-5-7-19(8-6-18)14(21)12-4-3-9-22-12/h3-4,9,11H,5-8,10H2,1-2H3. The van der Waals surface area contributed by atoms with Gasteiger partial charge in [0, 0.05) is 26.2 Å². The summed E-state index contributed by atoms with van der Waals surface area (Å²) in [5.41, 5.74) is 0. The van der Waals surface area contributed by atoms with E-state index < -0.39 is 0 Å². The van der Waals surface area contributed by atoms with Crippen molar-refractivity contribution in [2.24, 2.45) is 0 Å². The van der Waals surface area contributed by atoms with Crippen LogP contribution >= 0.6 is 0 Å². The number of piperazine rings is 1. The minimum absolute atomic E-state index is 0.0448. The van der Waals surface area contributed by atoms with Gasteiger partial charge in [-0.1, -0.05) is 0 Å². The average molecular weight is 304 g/mol. The Kier molecular flexibility index (Phi) is 4.19. The van der Waals surface area contributed by atoms with Crippen LogP contribution in [0.2, 0.25) is 0 Å². The molecule has 1 amide bonds. The summed E-state index contributed by atoms with van der Waals surface area (Å²) in [6.45, 7) is 7.79. The van der Waals surface area contributed by atoms with Crippen LogP contribution in [-0.2, 0) is 6.54 Å². The Balaban J connectivity index is 1.56. The van der Waals surface area contributed by atoms with Crippen molar-refractivity contribution in [3.63, 3.8) is 0 Å². The molecular formula is C14H20N6O2. The number of hydrogen-bond donors (Lipinski definition) is 0. The topological polar surface area (TPSA) is 80.3 Å². The Morgan fingerprint density at radius 1 is 1.32 bits per heavy atom. The third kappa shape index (κ3) is 3.01. The first-order valence-electron chi connectivity index (χ1n) is 7.47. The number of hydrogen-bond acceptors (Lipinski definition) is 6. The molecule has 3 heterocycles. The van der Waals surface area contributed by atoms with Crippen LogP contribution in [0.5, 0.6) is 0 Å². The Morgan fingerprint density at radius 2 is 2.09 bits per heavy atom. The van der Waals surface area contributed by atoms with Gasteiger partial charge in [0.25, 0.3) is 5.91 Å². The van der Waals surface area contributed by atoms with Crippen molar-refractivity contribution < 1.29 is 9.21 Å². The summed E-state index contributed by atoms with van der Waals surface area (Å²) in [5, 5.41) is 11.8. The van der Waals surface area contributed by atoms with E-state index in [4.69, 9.17) is 4.42 Å². The minimum atomic E-state index is -0.0448. The van der Waals surface area contributed by atoms with Gasteiger partial charge in [-0.15, -0.1) is 5.10 Å². The van der Waals surface area contributed by atoms with Crippen molar-refractivity contribution in [3.05, 3.63) is 30.0 Å². The highest BCUT2D eigenvalue weighted by molar-refractivity contribution is 5.91. The van der Waals surface area contributed by atoms with E-state index in [9.17, 15) is 4.79 Å². The van der Waals surface area contributed by atoms with Gasteiger partial charge in [-0.25, -0.2) is 4.68 Å². The molecular weight excluding hydrogens is 284 g/mol. The van der Waals surface area contributed by atoms with Crippen LogP contribution in [0.3, 0.4) is 0 Å². The Labute approximate surface area is 128 Å². The molecule has 2 aromatic heterocycles. The maximum atomic E-state index is 12.2. The number of furan rings is 1.